The van der Waals surface area contributed by atoms with Crippen LogP contribution in [-0.2, 0) is 4.74 Å². The third-order valence-electron chi connectivity index (χ3n) is 3.21. The summed E-state index contributed by atoms with van der Waals surface area (Å²) in [7, 11) is 2.92. The molecule has 2 aromatic rings. The molecule has 0 aromatic heterocycles. The molecule has 0 amide bonds. The summed E-state index contributed by atoms with van der Waals surface area (Å²) in [6.45, 7) is -0.467. The summed E-state index contributed by atoms with van der Waals surface area (Å²) in [5, 5.41) is 0.308. The zero-order valence-corrected chi connectivity index (χ0v) is 14.5. The third-order valence-corrected chi connectivity index (χ3v) is 4.03. The monoisotopic (exact) mass is 368 g/mol. The van der Waals surface area contributed by atoms with Crippen LogP contribution in [0, 0.1) is 0 Å². The van der Waals surface area contributed by atoms with Crippen LogP contribution in [0.2, 0.25) is 10.0 Å². The summed E-state index contributed by atoms with van der Waals surface area (Å²) in [4.78, 5) is 24.4. The van der Waals surface area contributed by atoms with E-state index in [0.717, 1.165) is 0 Å². The fourth-order valence-corrected chi connectivity index (χ4v) is 2.36. The second kappa shape index (κ2) is 8.04. The lowest BCUT2D eigenvalue weighted by Gasteiger charge is -2.10. The van der Waals surface area contributed by atoms with Crippen molar-refractivity contribution < 1.29 is 23.8 Å². The lowest BCUT2D eigenvalue weighted by molar-refractivity contribution is 0.0474. The van der Waals surface area contributed by atoms with Crippen molar-refractivity contribution in [2.45, 2.75) is 0 Å². The predicted molar refractivity (Wildman–Crippen MR) is 90.6 cm³/mol. The van der Waals surface area contributed by atoms with Gasteiger partial charge in [0, 0.05) is 0 Å². The number of hydrogen-bond acceptors (Lipinski definition) is 5. The Hall–Kier alpha value is -2.24. The van der Waals surface area contributed by atoms with Crippen LogP contribution in [0.4, 0.5) is 0 Å². The van der Waals surface area contributed by atoms with E-state index in [-0.39, 0.29) is 21.2 Å². The molecule has 2 aromatic carbocycles. The van der Waals surface area contributed by atoms with Crippen molar-refractivity contribution in [1.82, 2.24) is 0 Å². The predicted octanol–water partition coefficient (Wildman–Crippen LogP) is 4.05. The highest BCUT2D eigenvalue weighted by molar-refractivity contribution is 6.43. The maximum Gasteiger partial charge on any atom is 0.340 e. The Labute approximate surface area is 149 Å². The second-order valence-electron chi connectivity index (χ2n) is 4.67. The van der Waals surface area contributed by atoms with Gasteiger partial charge in [-0.25, -0.2) is 4.79 Å². The van der Waals surface area contributed by atoms with Gasteiger partial charge in [-0.15, -0.1) is 0 Å². The average molecular weight is 369 g/mol. The Kier molecular flexibility index (Phi) is 6.06. The van der Waals surface area contributed by atoms with Gasteiger partial charge in [0.2, 0.25) is 5.78 Å². The van der Waals surface area contributed by atoms with Gasteiger partial charge in [0.05, 0.1) is 35.4 Å². The molecule has 0 radical (unpaired) electrons. The van der Waals surface area contributed by atoms with E-state index in [1.807, 2.05) is 0 Å². The van der Waals surface area contributed by atoms with E-state index >= 15 is 0 Å². The minimum absolute atomic E-state index is 0.0792. The van der Waals surface area contributed by atoms with Gasteiger partial charge in [-0.3, -0.25) is 4.79 Å². The quantitative estimate of drug-likeness (QED) is 0.568. The van der Waals surface area contributed by atoms with Gasteiger partial charge in [0.15, 0.2) is 6.61 Å². The summed E-state index contributed by atoms with van der Waals surface area (Å²) < 4.78 is 15.2. The number of esters is 1. The van der Waals surface area contributed by atoms with Crippen LogP contribution < -0.4 is 9.47 Å². The number of carbonyl (C=O) groups is 2. The molecular formula is C17H14Cl2O5. The fraction of sp³-hybridized carbons (Fsp3) is 0.176. The van der Waals surface area contributed by atoms with Gasteiger partial charge in [0.1, 0.15) is 11.5 Å². The van der Waals surface area contributed by atoms with Crippen molar-refractivity contribution in [2.24, 2.45) is 0 Å². The normalized spacial score (nSPS) is 10.2. The van der Waals surface area contributed by atoms with Crippen LogP contribution in [0.1, 0.15) is 20.7 Å². The first-order valence-electron chi connectivity index (χ1n) is 6.84. The molecule has 0 aliphatic rings. The van der Waals surface area contributed by atoms with E-state index in [2.05, 4.69) is 0 Å². The minimum Gasteiger partial charge on any atom is -0.497 e. The molecule has 126 valence electrons. The minimum atomic E-state index is -0.738. The summed E-state index contributed by atoms with van der Waals surface area (Å²) in [6, 6.07) is 9.36. The number of carbonyl (C=O) groups excluding carboxylic acids is 2. The van der Waals surface area contributed by atoms with Gasteiger partial charge >= 0.3 is 5.97 Å². The SMILES string of the molecule is COc1ccc(OC)c(C(=O)COC(=O)c2cccc(Cl)c2Cl)c1. The molecule has 0 aliphatic carbocycles. The highest BCUT2D eigenvalue weighted by Crippen LogP contribution is 2.27. The van der Waals surface area contributed by atoms with Crippen molar-refractivity contribution >= 4 is 35.0 Å². The van der Waals surface area contributed by atoms with Gasteiger partial charge in [0.25, 0.3) is 0 Å². The standard InChI is InChI=1S/C17H14Cl2O5/c1-22-10-6-7-15(23-2)12(8-10)14(20)9-24-17(21)11-4-3-5-13(18)16(11)19/h3-8H,9H2,1-2H3. The summed E-state index contributed by atoms with van der Waals surface area (Å²) in [6.07, 6.45) is 0. The van der Waals surface area contributed by atoms with Crippen molar-refractivity contribution in [1.29, 1.82) is 0 Å². The first-order valence-corrected chi connectivity index (χ1v) is 7.60. The van der Waals surface area contributed by atoms with Crippen LogP contribution in [0.3, 0.4) is 0 Å². The number of Topliss-reactive ketones (excluding diaryl/α,β-unsaturated/α-hetero) is 1. The molecule has 0 spiro atoms. The van der Waals surface area contributed by atoms with E-state index < -0.39 is 18.4 Å². The molecule has 0 heterocycles. The van der Waals surface area contributed by atoms with Crippen LogP contribution >= 0.6 is 23.2 Å². The van der Waals surface area contributed by atoms with Gasteiger partial charge < -0.3 is 14.2 Å². The Balaban J connectivity index is 2.13. The molecule has 0 saturated carbocycles. The molecule has 0 aliphatic heterocycles. The van der Waals surface area contributed by atoms with Crippen LogP contribution in [0.25, 0.3) is 0 Å². The molecular weight excluding hydrogens is 355 g/mol. The van der Waals surface area contributed by atoms with E-state index in [0.29, 0.717) is 11.5 Å². The van der Waals surface area contributed by atoms with E-state index in [9.17, 15) is 9.59 Å². The lowest BCUT2D eigenvalue weighted by atomic mass is 10.1. The van der Waals surface area contributed by atoms with Crippen LogP contribution in [0.5, 0.6) is 11.5 Å². The van der Waals surface area contributed by atoms with Gasteiger partial charge in [-0.05, 0) is 30.3 Å². The van der Waals surface area contributed by atoms with Crippen molar-refractivity contribution in [2.75, 3.05) is 20.8 Å². The fourth-order valence-electron chi connectivity index (χ4n) is 1.98. The van der Waals surface area contributed by atoms with Gasteiger partial charge in [-0.2, -0.15) is 0 Å². The zero-order valence-electron chi connectivity index (χ0n) is 13.0. The molecule has 0 fully saturated rings. The molecule has 2 rings (SSSR count). The Bertz CT molecular complexity index is 774. The molecule has 0 saturated heterocycles. The number of ketones is 1. The molecule has 5 nitrogen and oxygen atoms in total. The number of halogens is 2. The number of hydrogen-bond donors (Lipinski definition) is 0. The second-order valence-corrected chi connectivity index (χ2v) is 5.45. The molecule has 24 heavy (non-hydrogen) atoms. The van der Waals surface area contributed by atoms with Crippen molar-refractivity contribution in [3.05, 3.63) is 57.6 Å². The molecule has 0 N–H and O–H groups in total. The smallest absolute Gasteiger partial charge is 0.340 e. The topological polar surface area (TPSA) is 61.8 Å². The lowest BCUT2D eigenvalue weighted by Crippen LogP contribution is -2.15. The highest BCUT2D eigenvalue weighted by atomic mass is 35.5. The Morgan fingerprint density at radius 2 is 1.75 bits per heavy atom. The molecule has 0 atom stereocenters. The first-order chi connectivity index (χ1) is 11.5. The number of ether oxygens (including phenoxy) is 3. The summed E-state index contributed by atoms with van der Waals surface area (Å²) >= 11 is 11.8. The number of benzene rings is 2. The van der Waals surface area contributed by atoms with Gasteiger partial charge in [-0.1, -0.05) is 29.3 Å². The van der Waals surface area contributed by atoms with Crippen LogP contribution in [-0.4, -0.2) is 32.6 Å². The van der Waals surface area contributed by atoms with Crippen LogP contribution in [0.15, 0.2) is 36.4 Å². The molecule has 0 unspecified atom stereocenters. The van der Waals surface area contributed by atoms with Crippen molar-refractivity contribution in [3.8, 4) is 11.5 Å². The van der Waals surface area contributed by atoms with Crippen molar-refractivity contribution in [3.63, 3.8) is 0 Å². The Morgan fingerprint density at radius 3 is 2.42 bits per heavy atom. The zero-order chi connectivity index (χ0) is 17.7. The summed E-state index contributed by atoms with van der Waals surface area (Å²) in [5.74, 6) is -0.323. The number of rotatable bonds is 6. The van der Waals surface area contributed by atoms with E-state index in [1.54, 1.807) is 24.3 Å². The summed E-state index contributed by atoms with van der Waals surface area (Å²) in [5.41, 5.74) is 0.344. The Morgan fingerprint density at radius 1 is 1.00 bits per heavy atom. The number of methoxy groups -OCH3 is 2. The maximum atomic E-state index is 12.3. The largest absolute Gasteiger partial charge is 0.497 e. The molecule has 0 bridgehead atoms. The average Bonchev–Trinajstić information content (AvgIpc) is 2.61. The highest BCUT2D eigenvalue weighted by Gasteiger charge is 2.18. The third kappa shape index (κ3) is 3.99. The van der Waals surface area contributed by atoms with E-state index in [4.69, 9.17) is 37.4 Å². The van der Waals surface area contributed by atoms with E-state index in [1.165, 1.54) is 26.4 Å². The first kappa shape index (κ1) is 18.1. The molecule has 7 heteroatoms. The maximum absolute atomic E-state index is 12.3.